The number of hydrogen-bond acceptors (Lipinski definition) is 6. The molecule has 2 aromatic rings. The standard InChI is InChI=1S/C19H24N4O3/c20-16-4-1-2-5-17(16)26-11-3-6-19(24)22-15-7-8-18(21-14-15)23-9-12-25-13-10-23/h1-2,4-5,7-8,14H,3,6,9-13,20H2,(H,22,24). The molecule has 1 aromatic carbocycles. The number of hydrogen-bond donors (Lipinski definition) is 2. The number of para-hydroxylation sites is 2. The van der Waals surface area contributed by atoms with Crippen LogP contribution in [0.5, 0.6) is 5.75 Å². The molecule has 0 bridgehead atoms. The Bertz CT molecular complexity index is 715. The molecule has 0 aliphatic carbocycles. The second kappa shape index (κ2) is 9.05. The first kappa shape index (κ1) is 18.0. The van der Waals surface area contributed by atoms with Crippen molar-refractivity contribution in [3.8, 4) is 5.75 Å². The second-order valence-electron chi connectivity index (χ2n) is 6.04. The highest BCUT2D eigenvalue weighted by Crippen LogP contribution is 2.20. The number of nitrogen functional groups attached to an aromatic ring is 1. The number of morpholine rings is 1. The molecule has 0 spiro atoms. The maximum Gasteiger partial charge on any atom is 0.224 e. The van der Waals surface area contributed by atoms with Crippen LogP contribution in [0.4, 0.5) is 17.2 Å². The van der Waals surface area contributed by atoms with E-state index in [-0.39, 0.29) is 5.91 Å². The minimum absolute atomic E-state index is 0.0597. The van der Waals surface area contributed by atoms with Gasteiger partial charge in [-0.3, -0.25) is 4.79 Å². The number of amides is 1. The maximum atomic E-state index is 12.0. The van der Waals surface area contributed by atoms with Gasteiger partial charge in [0.2, 0.25) is 5.91 Å². The van der Waals surface area contributed by atoms with Crippen LogP contribution in [0.15, 0.2) is 42.6 Å². The molecule has 3 N–H and O–H groups in total. The van der Waals surface area contributed by atoms with E-state index in [2.05, 4.69) is 15.2 Å². The molecule has 1 aromatic heterocycles. The third-order valence-electron chi connectivity index (χ3n) is 4.09. The van der Waals surface area contributed by atoms with E-state index in [9.17, 15) is 4.79 Å². The third-order valence-corrected chi connectivity index (χ3v) is 4.09. The second-order valence-corrected chi connectivity index (χ2v) is 6.04. The summed E-state index contributed by atoms with van der Waals surface area (Å²) in [4.78, 5) is 18.6. The molecule has 1 saturated heterocycles. The number of anilines is 3. The summed E-state index contributed by atoms with van der Waals surface area (Å²) in [5, 5.41) is 2.86. The van der Waals surface area contributed by atoms with Crippen LogP contribution in [0.2, 0.25) is 0 Å². The van der Waals surface area contributed by atoms with Crippen molar-refractivity contribution in [1.82, 2.24) is 4.98 Å². The van der Waals surface area contributed by atoms with Crippen molar-refractivity contribution in [3.05, 3.63) is 42.6 Å². The molecule has 1 aliphatic heterocycles. The molecule has 0 saturated carbocycles. The van der Waals surface area contributed by atoms with Crippen molar-refractivity contribution in [3.63, 3.8) is 0 Å². The molecule has 7 nitrogen and oxygen atoms in total. The van der Waals surface area contributed by atoms with E-state index < -0.39 is 0 Å². The lowest BCUT2D eigenvalue weighted by Gasteiger charge is -2.27. The topological polar surface area (TPSA) is 89.7 Å². The van der Waals surface area contributed by atoms with E-state index in [1.165, 1.54) is 0 Å². The number of aromatic nitrogens is 1. The normalized spacial score (nSPS) is 14.1. The number of ether oxygens (including phenoxy) is 2. The minimum atomic E-state index is -0.0597. The van der Waals surface area contributed by atoms with Crippen molar-refractivity contribution in [2.45, 2.75) is 12.8 Å². The van der Waals surface area contributed by atoms with Crippen LogP contribution < -0.4 is 20.7 Å². The SMILES string of the molecule is Nc1ccccc1OCCCC(=O)Nc1ccc(N2CCOCC2)nc1. The quantitative estimate of drug-likeness (QED) is 0.584. The Morgan fingerprint density at radius 3 is 2.77 bits per heavy atom. The summed E-state index contributed by atoms with van der Waals surface area (Å²) in [5.74, 6) is 1.49. The summed E-state index contributed by atoms with van der Waals surface area (Å²) in [6.45, 7) is 3.55. The van der Waals surface area contributed by atoms with Crippen molar-refractivity contribution < 1.29 is 14.3 Å². The predicted molar refractivity (Wildman–Crippen MR) is 101 cm³/mol. The zero-order valence-corrected chi connectivity index (χ0v) is 14.7. The monoisotopic (exact) mass is 356 g/mol. The van der Waals surface area contributed by atoms with Crippen LogP contribution in [0.1, 0.15) is 12.8 Å². The number of carbonyl (C=O) groups is 1. The van der Waals surface area contributed by atoms with Crippen LogP contribution in [-0.4, -0.2) is 43.8 Å². The number of nitrogens with one attached hydrogen (secondary N) is 1. The Balaban J connectivity index is 1.39. The van der Waals surface area contributed by atoms with E-state index in [1.54, 1.807) is 12.3 Å². The summed E-state index contributed by atoms with van der Waals surface area (Å²) in [5.41, 5.74) is 7.10. The van der Waals surface area contributed by atoms with Gasteiger partial charge in [0.05, 0.1) is 37.4 Å². The molecule has 1 amide bonds. The number of rotatable bonds is 7. The zero-order valence-electron chi connectivity index (χ0n) is 14.7. The smallest absolute Gasteiger partial charge is 0.224 e. The van der Waals surface area contributed by atoms with Gasteiger partial charge in [-0.15, -0.1) is 0 Å². The Labute approximate surface area is 153 Å². The van der Waals surface area contributed by atoms with Gasteiger partial charge in [-0.05, 0) is 30.7 Å². The maximum absolute atomic E-state index is 12.0. The predicted octanol–water partition coefficient (Wildman–Crippen LogP) is 2.30. The zero-order chi connectivity index (χ0) is 18.2. The van der Waals surface area contributed by atoms with Gasteiger partial charge >= 0.3 is 0 Å². The van der Waals surface area contributed by atoms with Crippen molar-refractivity contribution >= 4 is 23.1 Å². The van der Waals surface area contributed by atoms with Gasteiger partial charge in [0.1, 0.15) is 11.6 Å². The fourth-order valence-corrected chi connectivity index (χ4v) is 2.69. The van der Waals surface area contributed by atoms with Crippen LogP contribution in [0.25, 0.3) is 0 Å². The van der Waals surface area contributed by atoms with Gasteiger partial charge in [-0.2, -0.15) is 0 Å². The van der Waals surface area contributed by atoms with E-state index in [1.807, 2.05) is 30.3 Å². The van der Waals surface area contributed by atoms with Crippen molar-refractivity contribution in [2.75, 3.05) is 48.9 Å². The van der Waals surface area contributed by atoms with Crippen LogP contribution in [0, 0.1) is 0 Å². The molecule has 0 radical (unpaired) electrons. The van der Waals surface area contributed by atoms with Crippen molar-refractivity contribution in [2.24, 2.45) is 0 Å². The third kappa shape index (κ3) is 5.10. The van der Waals surface area contributed by atoms with Gasteiger partial charge < -0.3 is 25.4 Å². The molecule has 2 heterocycles. The Morgan fingerprint density at radius 2 is 2.04 bits per heavy atom. The summed E-state index contributed by atoms with van der Waals surface area (Å²) in [7, 11) is 0. The molecule has 0 atom stereocenters. The van der Waals surface area contributed by atoms with Gasteiger partial charge in [0.15, 0.2) is 0 Å². The van der Waals surface area contributed by atoms with Gasteiger partial charge in [0.25, 0.3) is 0 Å². The highest BCUT2D eigenvalue weighted by atomic mass is 16.5. The molecule has 138 valence electrons. The fraction of sp³-hybridized carbons (Fsp3) is 0.368. The lowest BCUT2D eigenvalue weighted by molar-refractivity contribution is -0.116. The molecule has 7 heteroatoms. The van der Waals surface area contributed by atoms with Crippen LogP contribution >= 0.6 is 0 Å². The van der Waals surface area contributed by atoms with Crippen LogP contribution in [-0.2, 0) is 9.53 Å². The van der Waals surface area contributed by atoms with Crippen molar-refractivity contribution in [1.29, 1.82) is 0 Å². The fourth-order valence-electron chi connectivity index (χ4n) is 2.69. The number of nitrogens with zero attached hydrogens (tertiary/aromatic N) is 2. The van der Waals surface area contributed by atoms with Gasteiger partial charge in [0, 0.05) is 19.5 Å². The van der Waals surface area contributed by atoms with Gasteiger partial charge in [-0.25, -0.2) is 4.98 Å². The first-order valence-electron chi connectivity index (χ1n) is 8.78. The van der Waals surface area contributed by atoms with E-state index in [0.717, 1.165) is 32.1 Å². The first-order chi connectivity index (χ1) is 12.7. The number of benzene rings is 1. The average molecular weight is 356 g/mol. The number of pyridine rings is 1. The first-order valence-corrected chi connectivity index (χ1v) is 8.78. The van der Waals surface area contributed by atoms with Crippen LogP contribution in [0.3, 0.4) is 0 Å². The average Bonchev–Trinajstić information content (AvgIpc) is 2.68. The molecule has 0 unspecified atom stereocenters. The highest BCUT2D eigenvalue weighted by molar-refractivity contribution is 5.90. The Morgan fingerprint density at radius 1 is 1.23 bits per heavy atom. The highest BCUT2D eigenvalue weighted by Gasteiger charge is 2.12. The molecular formula is C19H24N4O3. The van der Waals surface area contributed by atoms with E-state index in [0.29, 0.717) is 36.6 Å². The molecule has 1 fully saturated rings. The van der Waals surface area contributed by atoms with E-state index in [4.69, 9.17) is 15.2 Å². The van der Waals surface area contributed by atoms with E-state index >= 15 is 0 Å². The molecule has 3 rings (SSSR count). The summed E-state index contributed by atoms with van der Waals surface area (Å²) >= 11 is 0. The minimum Gasteiger partial charge on any atom is -0.491 e. The molecule has 1 aliphatic rings. The Hall–Kier alpha value is -2.80. The summed E-state index contributed by atoms with van der Waals surface area (Å²) in [6.07, 6.45) is 2.67. The molecule has 26 heavy (non-hydrogen) atoms. The summed E-state index contributed by atoms with van der Waals surface area (Å²) in [6, 6.07) is 11.1. The number of nitrogens with two attached hydrogens (primary N) is 1. The van der Waals surface area contributed by atoms with Gasteiger partial charge in [-0.1, -0.05) is 12.1 Å². The lowest BCUT2D eigenvalue weighted by Crippen LogP contribution is -2.36. The number of carbonyl (C=O) groups excluding carboxylic acids is 1. The molecular weight excluding hydrogens is 332 g/mol. The lowest BCUT2D eigenvalue weighted by atomic mass is 10.3. The largest absolute Gasteiger partial charge is 0.491 e. The summed E-state index contributed by atoms with van der Waals surface area (Å²) < 4.78 is 10.9. The Kier molecular flexibility index (Phi) is 6.27.